The predicted molar refractivity (Wildman–Crippen MR) is 64.7 cm³/mol. The summed E-state index contributed by atoms with van der Waals surface area (Å²) in [6, 6.07) is 9.93. The molecule has 0 amide bonds. The lowest BCUT2D eigenvalue weighted by molar-refractivity contribution is 0.157. The van der Waals surface area contributed by atoms with E-state index in [4.69, 9.17) is 0 Å². The van der Waals surface area contributed by atoms with Crippen LogP contribution >= 0.6 is 0 Å². The van der Waals surface area contributed by atoms with Gasteiger partial charge in [0.05, 0.1) is 6.10 Å². The Morgan fingerprint density at radius 2 is 1.73 bits per heavy atom. The van der Waals surface area contributed by atoms with E-state index in [1.807, 2.05) is 30.3 Å². The zero-order valence-corrected chi connectivity index (χ0v) is 9.82. The fourth-order valence-electron chi connectivity index (χ4n) is 1.92. The fourth-order valence-corrected chi connectivity index (χ4v) is 1.92. The Balaban J connectivity index is 2.33. The van der Waals surface area contributed by atoms with Crippen LogP contribution in [0, 0.1) is 5.92 Å². The molecule has 1 N–H and O–H groups in total. The van der Waals surface area contributed by atoms with E-state index in [2.05, 4.69) is 13.8 Å². The summed E-state index contributed by atoms with van der Waals surface area (Å²) in [6.07, 6.45) is 4.21. The van der Waals surface area contributed by atoms with E-state index in [-0.39, 0.29) is 6.10 Å². The third kappa shape index (κ3) is 4.48. The van der Waals surface area contributed by atoms with Crippen molar-refractivity contribution in [2.24, 2.45) is 5.92 Å². The lowest BCUT2D eigenvalue weighted by Gasteiger charge is -2.14. The van der Waals surface area contributed by atoms with Gasteiger partial charge in [0.25, 0.3) is 0 Å². The average Bonchev–Trinajstić information content (AvgIpc) is 2.27. The third-order valence-electron chi connectivity index (χ3n) is 2.90. The second-order valence-corrected chi connectivity index (χ2v) is 4.40. The summed E-state index contributed by atoms with van der Waals surface area (Å²) >= 11 is 0. The molecule has 1 aromatic carbocycles. The maximum absolute atomic E-state index is 9.94. The van der Waals surface area contributed by atoms with E-state index in [9.17, 15) is 5.11 Å². The summed E-state index contributed by atoms with van der Waals surface area (Å²) in [6.45, 7) is 4.48. The Bertz CT molecular complexity index is 255. The summed E-state index contributed by atoms with van der Waals surface area (Å²) in [5.74, 6) is 0.730. The first kappa shape index (κ1) is 12.3. The highest BCUT2D eigenvalue weighted by molar-refractivity contribution is 5.16. The fraction of sp³-hybridized carbons (Fsp3) is 0.571. The lowest BCUT2D eigenvalue weighted by Crippen LogP contribution is -2.01. The minimum absolute atomic E-state index is 0.287. The molecule has 1 heteroatoms. The second-order valence-electron chi connectivity index (χ2n) is 4.40. The normalized spacial score (nSPS) is 14.9. The third-order valence-corrected chi connectivity index (χ3v) is 2.90. The summed E-state index contributed by atoms with van der Waals surface area (Å²) in [5, 5.41) is 9.94. The van der Waals surface area contributed by atoms with E-state index >= 15 is 0 Å². The van der Waals surface area contributed by atoms with Crippen LogP contribution in [0.1, 0.15) is 51.2 Å². The van der Waals surface area contributed by atoms with Crippen molar-refractivity contribution < 1.29 is 5.11 Å². The number of rotatable bonds is 6. The van der Waals surface area contributed by atoms with Gasteiger partial charge < -0.3 is 5.11 Å². The van der Waals surface area contributed by atoms with Crippen molar-refractivity contribution in [2.45, 2.75) is 45.6 Å². The largest absolute Gasteiger partial charge is 0.388 e. The van der Waals surface area contributed by atoms with Gasteiger partial charge in [-0.05, 0) is 24.3 Å². The van der Waals surface area contributed by atoms with Crippen molar-refractivity contribution >= 4 is 0 Å². The number of hydrogen-bond acceptors (Lipinski definition) is 1. The molecule has 0 spiro atoms. The van der Waals surface area contributed by atoms with Crippen LogP contribution in [0.4, 0.5) is 0 Å². The van der Waals surface area contributed by atoms with Gasteiger partial charge in [0, 0.05) is 0 Å². The smallest absolute Gasteiger partial charge is 0.0790 e. The van der Waals surface area contributed by atoms with Crippen molar-refractivity contribution in [1.82, 2.24) is 0 Å². The Labute approximate surface area is 93.1 Å². The molecule has 2 atom stereocenters. The predicted octanol–water partition coefficient (Wildman–Crippen LogP) is 3.94. The maximum atomic E-state index is 9.94. The minimum Gasteiger partial charge on any atom is -0.388 e. The molecule has 0 heterocycles. The van der Waals surface area contributed by atoms with E-state index in [0.29, 0.717) is 0 Å². The Kier molecular flexibility index (Phi) is 5.41. The van der Waals surface area contributed by atoms with Crippen molar-refractivity contribution in [3.05, 3.63) is 35.9 Å². The van der Waals surface area contributed by atoms with Gasteiger partial charge in [-0.15, -0.1) is 0 Å². The highest BCUT2D eigenvalue weighted by Crippen LogP contribution is 2.22. The SMILES string of the molecule is CCCC(C)CCC(O)c1ccccc1. The van der Waals surface area contributed by atoms with Crippen LogP contribution in [0.25, 0.3) is 0 Å². The van der Waals surface area contributed by atoms with Crippen LogP contribution < -0.4 is 0 Å². The standard InChI is InChI=1S/C14H22O/c1-3-7-12(2)10-11-14(15)13-8-5-4-6-9-13/h4-6,8-9,12,14-15H,3,7,10-11H2,1-2H3. The van der Waals surface area contributed by atoms with Gasteiger partial charge in [0.15, 0.2) is 0 Å². The maximum Gasteiger partial charge on any atom is 0.0790 e. The van der Waals surface area contributed by atoms with Gasteiger partial charge in [-0.3, -0.25) is 0 Å². The topological polar surface area (TPSA) is 20.2 Å². The number of aliphatic hydroxyl groups excluding tert-OH is 1. The zero-order valence-electron chi connectivity index (χ0n) is 9.82. The van der Waals surface area contributed by atoms with Crippen molar-refractivity contribution in [3.8, 4) is 0 Å². The molecule has 2 unspecified atom stereocenters. The van der Waals surface area contributed by atoms with Crippen LogP contribution in [0.5, 0.6) is 0 Å². The Morgan fingerprint density at radius 3 is 2.33 bits per heavy atom. The molecule has 0 aliphatic carbocycles. The van der Waals surface area contributed by atoms with Crippen molar-refractivity contribution in [3.63, 3.8) is 0 Å². The molecule has 0 saturated carbocycles. The molecule has 84 valence electrons. The van der Waals surface area contributed by atoms with Crippen LogP contribution in [0.15, 0.2) is 30.3 Å². The first-order valence-electron chi connectivity index (χ1n) is 5.97. The first-order chi connectivity index (χ1) is 7.24. The number of hydrogen-bond donors (Lipinski definition) is 1. The molecule has 1 rings (SSSR count). The average molecular weight is 206 g/mol. The highest BCUT2D eigenvalue weighted by Gasteiger charge is 2.08. The molecule has 0 fully saturated rings. The van der Waals surface area contributed by atoms with Crippen LogP contribution in [0.3, 0.4) is 0 Å². The molecule has 1 aromatic rings. The molecular weight excluding hydrogens is 184 g/mol. The van der Waals surface area contributed by atoms with Crippen LogP contribution in [0.2, 0.25) is 0 Å². The molecule has 0 saturated heterocycles. The summed E-state index contributed by atoms with van der Waals surface area (Å²) in [7, 11) is 0. The second kappa shape index (κ2) is 6.62. The van der Waals surface area contributed by atoms with E-state index in [0.717, 1.165) is 24.3 Å². The molecule has 0 aliphatic heterocycles. The van der Waals surface area contributed by atoms with E-state index in [1.165, 1.54) is 12.8 Å². The van der Waals surface area contributed by atoms with Gasteiger partial charge in [0.1, 0.15) is 0 Å². The summed E-state index contributed by atoms with van der Waals surface area (Å²) < 4.78 is 0. The number of benzene rings is 1. The zero-order chi connectivity index (χ0) is 11.1. The van der Waals surface area contributed by atoms with Gasteiger partial charge >= 0.3 is 0 Å². The molecule has 0 radical (unpaired) electrons. The summed E-state index contributed by atoms with van der Waals surface area (Å²) in [4.78, 5) is 0. The van der Waals surface area contributed by atoms with Crippen LogP contribution in [-0.2, 0) is 0 Å². The molecule has 1 nitrogen and oxygen atoms in total. The molecule has 15 heavy (non-hydrogen) atoms. The minimum atomic E-state index is -0.287. The van der Waals surface area contributed by atoms with E-state index in [1.54, 1.807) is 0 Å². The monoisotopic (exact) mass is 206 g/mol. The molecule has 0 aliphatic rings. The van der Waals surface area contributed by atoms with Crippen molar-refractivity contribution in [2.75, 3.05) is 0 Å². The van der Waals surface area contributed by atoms with Gasteiger partial charge in [0.2, 0.25) is 0 Å². The quantitative estimate of drug-likeness (QED) is 0.747. The lowest BCUT2D eigenvalue weighted by atomic mass is 9.96. The molecular formula is C14H22O. The van der Waals surface area contributed by atoms with E-state index < -0.39 is 0 Å². The highest BCUT2D eigenvalue weighted by atomic mass is 16.3. The molecule has 0 aromatic heterocycles. The van der Waals surface area contributed by atoms with Crippen LogP contribution in [-0.4, -0.2) is 5.11 Å². The van der Waals surface area contributed by atoms with Crippen molar-refractivity contribution in [1.29, 1.82) is 0 Å². The summed E-state index contributed by atoms with van der Waals surface area (Å²) in [5.41, 5.74) is 1.04. The first-order valence-corrected chi connectivity index (χ1v) is 5.97. The Hall–Kier alpha value is -0.820. The number of aliphatic hydroxyl groups is 1. The van der Waals surface area contributed by atoms with Gasteiger partial charge in [-0.2, -0.15) is 0 Å². The van der Waals surface area contributed by atoms with Gasteiger partial charge in [-0.1, -0.05) is 57.0 Å². The molecule has 0 bridgehead atoms. The van der Waals surface area contributed by atoms with Gasteiger partial charge in [-0.25, -0.2) is 0 Å². The Morgan fingerprint density at radius 1 is 1.07 bits per heavy atom.